The van der Waals surface area contributed by atoms with Crippen LogP contribution in [0.4, 0.5) is 0 Å². The first-order valence-corrected chi connectivity index (χ1v) is 30.6. The summed E-state index contributed by atoms with van der Waals surface area (Å²) in [6.07, 6.45) is -6.55. The van der Waals surface area contributed by atoms with Crippen molar-refractivity contribution < 1.29 is 54.9 Å². The average Bonchev–Trinajstić information content (AvgIpc) is 3.41. The molecule has 0 radical (unpaired) electrons. The van der Waals surface area contributed by atoms with Gasteiger partial charge in [0.05, 0.1) is 65.2 Å². The van der Waals surface area contributed by atoms with E-state index in [9.17, 15) is 8.42 Å². The van der Waals surface area contributed by atoms with Gasteiger partial charge in [-0.2, -0.15) is 8.42 Å². The Labute approximate surface area is 446 Å². The van der Waals surface area contributed by atoms with Crippen molar-refractivity contribution in [2.45, 2.75) is 134 Å². The summed E-state index contributed by atoms with van der Waals surface area (Å²) in [4.78, 5) is 0. The molecule has 0 saturated carbocycles. The summed E-state index contributed by atoms with van der Waals surface area (Å²) >= 11 is 0. The second-order valence-corrected chi connectivity index (χ2v) is 26.9. The molecular weight excluding hydrogens is 985 g/mol. The van der Waals surface area contributed by atoms with Crippen molar-refractivity contribution in [2.75, 3.05) is 26.1 Å². The average molecular weight is 1060 g/mol. The molecule has 14 heteroatoms. The van der Waals surface area contributed by atoms with Crippen molar-refractivity contribution in [3.8, 4) is 0 Å². The van der Waals surface area contributed by atoms with E-state index in [1.807, 2.05) is 182 Å². The molecule has 0 N–H and O–H groups in total. The zero-order valence-electron chi connectivity index (χ0n) is 44.3. The normalized spacial score (nSPS) is 19.6. The van der Waals surface area contributed by atoms with Crippen LogP contribution in [0.15, 0.2) is 182 Å². The second-order valence-electron chi connectivity index (χ2n) is 20.5. The molecule has 1 fully saturated rings. The summed E-state index contributed by atoms with van der Waals surface area (Å²) in [5.41, 5.74) is 5.60. The fraction of sp³-hybridized carbons (Fsp3) is 0.410. The van der Waals surface area contributed by atoms with E-state index < -0.39 is 67.5 Å². The molecule has 0 spiro atoms. The summed E-state index contributed by atoms with van der Waals surface area (Å²) < 4.78 is 95.5. The van der Waals surface area contributed by atoms with Gasteiger partial charge in [0.2, 0.25) is 0 Å². The summed E-state index contributed by atoms with van der Waals surface area (Å²) in [5, 5.41) is -0.0821. The highest BCUT2D eigenvalue weighted by molar-refractivity contribution is 7.86. The first-order chi connectivity index (χ1) is 36.2. The van der Waals surface area contributed by atoms with Gasteiger partial charge in [-0.3, -0.25) is 4.18 Å². The molecule has 1 saturated heterocycles. The van der Waals surface area contributed by atoms with Crippen LogP contribution in [0, 0.1) is 0 Å². The lowest BCUT2D eigenvalue weighted by Crippen LogP contribution is -2.63. The molecular formula is C61H76O12SSi. The predicted molar refractivity (Wildman–Crippen MR) is 293 cm³/mol. The highest BCUT2D eigenvalue weighted by atomic mass is 32.2. The second kappa shape index (κ2) is 29.0. The Hall–Kier alpha value is -4.91. The van der Waals surface area contributed by atoms with Gasteiger partial charge in [0.1, 0.15) is 36.6 Å². The van der Waals surface area contributed by atoms with E-state index in [1.165, 1.54) is 0 Å². The summed E-state index contributed by atoms with van der Waals surface area (Å²) in [5.74, 6) is 0. The van der Waals surface area contributed by atoms with Crippen LogP contribution in [-0.2, 0) is 96.3 Å². The van der Waals surface area contributed by atoms with Crippen molar-refractivity contribution in [1.29, 1.82) is 0 Å². The summed E-state index contributed by atoms with van der Waals surface area (Å²) in [6.45, 7) is 12.4. The van der Waals surface area contributed by atoms with Gasteiger partial charge in [0.15, 0.2) is 14.6 Å². The molecule has 12 nitrogen and oxygen atoms in total. The van der Waals surface area contributed by atoms with Crippen LogP contribution in [0.2, 0.25) is 18.1 Å². The Bertz CT molecular complexity index is 2610. The molecule has 0 aliphatic carbocycles. The van der Waals surface area contributed by atoms with Gasteiger partial charge < -0.3 is 42.3 Å². The van der Waals surface area contributed by atoms with E-state index >= 15 is 0 Å². The molecule has 0 bridgehead atoms. The minimum Gasteiger partial charge on any atom is -0.417 e. The monoisotopic (exact) mass is 1060 g/mol. The van der Waals surface area contributed by atoms with Crippen LogP contribution in [0.3, 0.4) is 0 Å². The maximum absolute atomic E-state index is 13.5. The van der Waals surface area contributed by atoms with Crippen molar-refractivity contribution >= 4 is 18.4 Å². The minimum atomic E-state index is -4.15. The van der Waals surface area contributed by atoms with Crippen molar-refractivity contribution in [2.24, 2.45) is 0 Å². The summed E-state index contributed by atoms with van der Waals surface area (Å²) in [6, 6.07) is 59.1. The Morgan fingerprint density at radius 2 is 0.920 bits per heavy atom. The van der Waals surface area contributed by atoms with Crippen molar-refractivity contribution in [3.05, 3.63) is 215 Å². The van der Waals surface area contributed by atoms with Crippen LogP contribution in [0.1, 0.15) is 60.6 Å². The molecule has 8 atom stereocenters. The fourth-order valence-electron chi connectivity index (χ4n) is 8.46. The highest BCUT2D eigenvalue weighted by Gasteiger charge is 2.51. The van der Waals surface area contributed by atoms with Gasteiger partial charge in [-0.05, 0) is 57.9 Å². The lowest BCUT2D eigenvalue weighted by molar-refractivity contribution is -0.347. The van der Waals surface area contributed by atoms with Gasteiger partial charge in [-0.1, -0.05) is 203 Å². The molecule has 1 heterocycles. The van der Waals surface area contributed by atoms with E-state index in [1.54, 1.807) is 0 Å². The summed E-state index contributed by atoms with van der Waals surface area (Å²) in [7, 11) is -6.43. The zero-order chi connectivity index (χ0) is 52.9. The maximum Gasteiger partial charge on any atom is 0.264 e. The molecule has 75 heavy (non-hydrogen) atoms. The van der Waals surface area contributed by atoms with E-state index in [-0.39, 0.29) is 51.3 Å². The van der Waals surface area contributed by atoms with Gasteiger partial charge in [-0.25, -0.2) is 0 Å². The van der Waals surface area contributed by atoms with Crippen LogP contribution < -0.4 is 0 Å². The molecule has 0 aromatic heterocycles. The third-order valence-electron chi connectivity index (χ3n) is 13.5. The van der Waals surface area contributed by atoms with Gasteiger partial charge in [0.25, 0.3) is 10.1 Å². The lowest BCUT2D eigenvalue weighted by atomic mass is 9.97. The number of hydrogen-bond donors (Lipinski definition) is 0. The molecule has 6 aromatic carbocycles. The Morgan fingerprint density at radius 3 is 1.36 bits per heavy atom. The Morgan fingerprint density at radius 1 is 0.520 bits per heavy atom. The largest absolute Gasteiger partial charge is 0.417 e. The third kappa shape index (κ3) is 19.0. The standard InChI is InChI=1S/C61H76O12SSi/c1-61(2,3)75(5,6)70-38-37-53(66-41-49-29-17-9-18-30-49)56(55(73-74(4,62)63)46-65-40-48-27-15-8-16-28-48)72-60-59(69-44-52-35-23-12-24-36-52)58(68-43-51-33-21-11-22-34-51)57(67-42-50-31-19-10-20-32-50)54(71-60)45-64-39-47-25-13-7-14-26-47/h7-36,53-60H,37-46H2,1-6H3/t53-,54-,55-,56+,57-,58+,59-,60+/m1/s1. The number of ether oxygens (including phenoxy) is 8. The van der Waals surface area contributed by atoms with Gasteiger partial charge >= 0.3 is 0 Å². The van der Waals surface area contributed by atoms with E-state index in [0.29, 0.717) is 19.6 Å². The maximum atomic E-state index is 13.5. The molecule has 1 aliphatic heterocycles. The fourth-order valence-corrected chi connectivity index (χ4v) is 10.1. The first kappa shape index (κ1) is 57.8. The quantitative estimate of drug-likeness (QED) is 0.0315. The van der Waals surface area contributed by atoms with Crippen LogP contribution in [-0.4, -0.2) is 91.8 Å². The van der Waals surface area contributed by atoms with E-state index in [2.05, 4.69) is 33.9 Å². The Balaban J connectivity index is 1.33. The van der Waals surface area contributed by atoms with Crippen LogP contribution >= 0.6 is 0 Å². The molecule has 7 rings (SSSR count). The SMILES string of the molecule is CC(C)(C)[Si](C)(C)OCC[C@@H](OCc1ccccc1)[C@H](O[C@@H]1O[C@H](COCc2ccccc2)[C@@H](OCc2ccccc2)[C@H](OCc2ccccc2)[C@H]1OCc1ccccc1)[C@@H](COCc1ccccc1)OS(C)(=O)=O. The topological polar surface area (TPSA) is 126 Å². The molecule has 0 unspecified atom stereocenters. The predicted octanol–water partition coefficient (Wildman–Crippen LogP) is 11.6. The van der Waals surface area contributed by atoms with E-state index in [0.717, 1.165) is 39.6 Å². The molecule has 1 aliphatic rings. The van der Waals surface area contributed by atoms with Crippen molar-refractivity contribution in [1.82, 2.24) is 0 Å². The van der Waals surface area contributed by atoms with Crippen LogP contribution in [0.5, 0.6) is 0 Å². The Kier molecular flexibility index (Phi) is 22.3. The zero-order valence-corrected chi connectivity index (χ0v) is 46.1. The molecule has 402 valence electrons. The molecule has 6 aromatic rings. The number of rotatable bonds is 30. The highest BCUT2D eigenvalue weighted by Crippen LogP contribution is 2.38. The minimum absolute atomic E-state index is 0.0766. The van der Waals surface area contributed by atoms with Crippen LogP contribution in [0.25, 0.3) is 0 Å². The lowest BCUT2D eigenvalue weighted by Gasteiger charge is -2.47. The third-order valence-corrected chi connectivity index (χ3v) is 18.7. The smallest absolute Gasteiger partial charge is 0.264 e. The number of benzene rings is 6. The van der Waals surface area contributed by atoms with Crippen molar-refractivity contribution in [3.63, 3.8) is 0 Å². The van der Waals surface area contributed by atoms with Gasteiger partial charge in [0, 0.05) is 6.61 Å². The number of hydrogen-bond acceptors (Lipinski definition) is 12. The van der Waals surface area contributed by atoms with E-state index in [4.69, 9.17) is 46.5 Å². The molecule has 0 amide bonds. The first-order valence-electron chi connectivity index (χ1n) is 25.9. The van der Waals surface area contributed by atoms with Gasteiger partial charge in [-0.15, -0.1) is 0 Å².